The molecule has 0 atom stereocenters. The van der Waals surface area contributed by atoms with Crippen LogP contribution in [0.5, 0.6) is 5.75 Å². The van der Waals surface area contributed by atoms with E-state index in [4.69, 9.17) is 16.3 Å². The number of ether oxygens (including phenoxy) is 1. The molecule has 0 aromatic heterocycles. The minimum absolute atomic E-state index is 0.573. The van der Waals surface area contributed by atoms with Crippen LogP contribution in [0.15, 0.2) is 42.5 Å². The Labute approximate surface area is 131 Å². The van der Waals surface area contributed by atoms with E-state index in [-0.39, 0.29) is 0 Å². The molecular formula is C19H19ClO. The second kappa shape index (κ2) is 7.76. The average molecular weight is 299 g/mol. The maximum Gasteiger partial charge on any atom is 0.119 e. The minimum Gasteiger partial charge on any atom is -0.489 e. The van der Waals surface area contributed by atoms with E-state index in [1.807, 2.05) is 24.3 Å². The highest BCUT2D eigenvalue weighted by Crippen LogP contribution is 2.16. The van der Waals surface area contributed by atoms with Crippen molar-refractivity contribution in [1.82, 2.24) is 0 Å². The van der Waals surface area contributed by atoms with E-state index in [9.17, 15) is 0 Å². The van der Waals surface area contributed by atoms with Crippen LogP contribution < -0.4 is 4.74 Å². The summed E-state index contributed by atoms with van der Waals surface area (Å²) in [7, 11) is 0. The summed E-state index contributed by atoms with van der Waals surface area (Å²) in [5, 5.41) is 0. The number of halogens is 1. The van der Waals surface area contributed by atoms with Crippen LogP contribution in [0.25, 0.3) is 0 Å². The third-order valence-corrected chi connectivity index (χ3v) is 3.39. The van der Waals surface area contributed by atoms with E-state index in [0.717, 1.165) is 11.3 Å². The van der Waals surface area contributed by atoms with Gasteiger partial charge in [-0.25, -0.2) is 0 Å². The molecule has 0 aliphatic heterocycles. The Morgan fingerprint density at radius 1 is 1.05 bits per heavy atom. The Hall–Kier alpha value is -1.91. The third kappa shape index (κ3) is 4.85. The van der Waals surface area contributed by atoms with Gasteiger partial charge in [0.15, 0.2) is 0 Å². The Morgan fingerprint density at radius 3 is 2.52 bits per heavy atom. The molecular weight excluding hydrogens is 280 g/mol. The summed E-state index contributed by atoms with van der Waals surface area (Å²) in [5.74, 6) is 7.53. The predicted octanol–water partition coefficient (Wildman–Crippen LogP) is 4.86. The van der Waals surface area contributed by atoms with Crippen molar-refractivity contribution in [2.45, 2.75) is 26.9 Å². The Bertz CT molecular complexity index is 648. The summed E-state index contributed by atoms with van der Waals surface area (Å²) in [6.07, 6.45) is 0.715. The maximum atomic E-state index is 5.84. The van der Waals surface area contributed by atoms with E-state index in [2.05, 4.69) is 43.9 Å². The van der Waals surface area contributed by atoms with Crippen molar-refractivity contribution >= 4 is 11.6 Å². The van der Waals surface area contributed by atoms with Crippen LogP contribution in [-0.4, -0.2) is 5.88 Å². The lowest BCUT2D eigenvalue weighted by Crippen LogP contribution is -1.98. The van der Waals surface area contributed by atoms with E-state index in [0.29, 0.717) is 18.9 Å². The largest absolute Gasteiger partial charge is 0.489 e. The first-order chi connectivity index (χ1) is 10.2. The molecule has 2 heteroatoms. The van der Waals surface area contributed by atoms with E-state index < -0.39 is 0 Å². The van der Waals surface area contributed by atoms with Crippen LogP contribution in [0.4, 0.5) is 0 Å². The van der Waals surface area contributed by atoms with Gasteiger partial charge < -0.3 is 4.74 Å². The molecule has 21 heavy (non-hydrogen) atoms. The summed E-state index contributed by atoms with van der Waals surface area (Å²) >= 11 is 5.59. The first-order valence-corrected chi connectivity index (χ1v) is 7.56. The van der Waals surface area contributed by atoms with Crippen molar-refractivity contribution in [3.8, 4) is 17.6 Å². The van der Waals surface area contributed by atoms with Crippen LogP contribution >= 0.6 is 11.6 Å². The van der Waals surface area contributed by atoms with Crippen LogP contribution in [0.2, 0.25) is 0 Å². The monoisotopic (exact) mass is 298 g/mol. The van der Waals surface area contributed by atoms with Crippen LogP contribution in [-0.2, 0) is 6.61 Å². The quantitative estimate of drug-likeness (QED) is 0.578. The number of aryl methyl sites for hydroxylation is 2. The molecule has 0 unspecified atom stereocenters. The molecule has 0 bridgehead atoms. The molecule has 0 N–H and O–H groups in total. The molecule has 0 amide bonds. The summed E-state index contributed by atoms with van der Waals surface area (Å²) in [5.41, 5.74) is 4.72. The fourth-order valence-electron chi connectivity index (χ4n) is 1.96. The van der Waals surface area contributed by atoms with Crippen molar-refractivity contribution in [3.05, 3.63) is 64.7 Å². The zero-order chi connectivity index (χ0) is 15.1. The standard InChI is InChI=1S/C19H19ClO/c1-15-6-7-16(2)18(13-15)14-21-19-10-8-17(9-11-19)5-3-4-12-20/h6-11,13H,4,12,14H2,1-2H3. The van der Waals surface area contributed by atoms with E-state index >= 15 is 0 Å². The second-order valence-electron chi connectivity index (χ2n) is 4.98. The molecule has 0 aliphatic rings. The first-order valence-electron chi connectivity index (χ1n) is 7.03. The highest BCUT2D eigenvalue weighted by Gasteiger charge is 2.00. The number of hydrogen-bond acceptors (Lipinski definition) is 1. The van der Waals surface area contributed by atoms with Crippen molar-refractivity contribution < 1.29 is 4.74 Å². The van der Waals surface area contributed by atoms with Gasteiger partial charge in [0.05, 0.1) is 0 Å². The summed E-state index contributed by atoms with van der Waals surface area (Å²) < 4.78 is 5.84. The summed E-state index contributed by atoms with van der Waals surface area (Å²) in [4.78, 5) is 0. The van der Waals surface area contributed by atoms with Crippen molar-refractivity contribution in [1.29, 1.82) is 0 Å². The lowest BCUT2D eigenvalue weighted by molar-refractivity contribution is 0.305. The first kappa shape index (κ1) is 15.5. The van der Waals surface area contributed by atoms with Gasteiger partial charge in [-0.05, 0) is 49.2 Å². The van der Waals surface area contributed by atoms with Crippen molar-refractivity contribution in [2.24, 2.45) is 0 Å². The van der Waals surface area contributed by atoms with Gasteiger partial charge >= 0.3 is 0 Å². The van der Waals surface area contributed by atoms with Crippen molar-refractivity contribution in [2.75, 3.05) is 5.88 Å². The molecule has 2 aromatic carbocycles. The molecule has 0 spiro atoms. The molecule has 0 saturated carbocycles. The lowest BCUT2D eigenvalue weighted by atomic mass is 10.1. The summed E-state index contributed by atoms with van der Waals surface area (Å²) in [6.45, 7) is 4.79. The predicted molar refractivity (Wildman–Crippen MR) is 88.9 cm³/mol. The molecule has 0 heterocycles. The Morgan fingerprint density at radius 2 is 1.81 bits per heavy atom. The second-order valence-corrected chi connectivity index (χ2v) is 5.36. The summed E-state index contributed by atoms with van der Waals surface area (Å²) in [6, 6.07) is 14.3. The van der Waals surface area contributed by atoms with Crippen molar-refractivity contribution in [3.63, 3.8) is 0 Å². The smallest absolute Gasteiger partial charge is 0.119 e. The van der Waals surface area contributed by atoms with Crippen LogP contribution in [0.3, 0.4) is 0 Å². The third-order valence-electron chi connectivity index (χ3n) is 3.21. The fraction of sp³-hybridized carbons (Fsp3) is 0.263. The van der Waals surface area contributed by atoms with Gasteiger partial charge in [-0.3, -0.25) is 0 Å². The molecule has 0 saturated heterocycles. The average Bonchev–Trinajstić information content (AvgIpc) is 2.50. The normalized spacial score (nSPS) is 9.86. The fourth-order valence-corrected chi connectivity index (χ4v) is 2.06. The van der Waals surface area contributed by atoms with Crippen LogP contribution in [0.1, 0.15) is 28.7 Å². The van der Waals surface area contributed by atoms with E-state index in [1.54, 1.807) is 0 Å². The molecule has 2 aromatic rings. The zero-order valence-corrected chi connectivity index (χ0v) is 13.2. The molecule has 1 nitrogen and oxygen atoms in total. The highest BCUT2D eigenvalue weighted by molar-refractivity contribution is 6.18. The van der Waals surface area contributed by atoms with Crippen LogP contribution in [0, 0.1) is 25.7 Å². The van der Waals surface area contributed by atoms with Gasteiger partial charge in [0.1, 0.15) is 12.4 Å². The van der Waals surface area contributed by atoms with Gasteiger partial charge in [0.2, 0.25) is 0 Å². The number of rotatable bonds is 4. The molecule has 0 fully saturated rings. The number of benzene rings is 2. The molecule has 108 valence electrons. The van der Waals surface area contributed by atoms with Gasteiger partial charge in [-0.2, -0.15) is 0 Å². The highest BCUT2D eigenvalue weighted by atomic mass is 35.5. The molecule has 2 rings (SSSR count). The number of hydrogen-bond donors (Lipinski definition) is 0. The lowest BCUT2D eigenvalue weighted by Gasteiger charge is -2.09. The van der Waals surface area contributed by atoms with Gasteiger partial charge in [0.25, 0.3) is 0 Å². The van der Waals surface area contributed by atoms with Gasteiger partial charge in [0, 0.05) is 17.9 Å². The SMILES string of the molecule is Cc1ccc(C)c(COc2ccc(C#CCCCl)cc2)c1. The zero-order valence-electron chi connectivity index (χ0n) is 12.4. The van der Waals surface area contributed by atoms with Gasteiger partial charge in [-0.1, -0.05) is 35.6 Å². The Balaban J connectivity index is 1.98. The molecule has 0 radical (unpaired) electrons. The number of alkyl halides is 1. The minimum atomic E-state index is 0.573. The topological polar surface area (TPSA) is 9.23 Å². The Kier molecular flexibility index (Phi) is 5.72. The van der Waals surface area contributed by atoms with E-state index in [1.165, 1.54) is 16.7 Å². The maximum absolute atomic E-state index is 5.84. The molecule has 0 aliphatic carbocycles. The van der Waals surface area contributed by atoms with Gasteiger partial charge in [-0.15, -0.1) is 11.6 Å².